The molecule has 1 saturated carbocycles. The van der Waals surface area contributed by atoms with Gasteiger partial charge in [0.2, 0.25) is 0 Å². The summed E-state index contributed by atoms with van der Waals surface area (Å²) in [7, 11) is 0. The fourth-order valence-corrected chi connectivity index (χ4v) is 2.26. The first-order valence-electron chi connectivity index (χ1n) is 6.12. The molecule has 4 heteroatoms. The van der Waals surface area contributed by atoms with E-state index in [9.17, 15) is 9.90 Å². The van der Waals surface area contributed by atoms with Gasteiger partial charge < -0.3 is 15.5 Å². The number of aliphatic carboxylic acids is 1. The van der Waals surface area contributed by atoms with E-state index in [2.05, 4.69) is 5.32 Å². The standard InChI is InChI=1S/C12H23NO3/c1-3-12(2,16)8-13-7-9-5-4-6-10(9)11(14)15/h9-10,13,16H,3-8H2,1-2H3,(H,14,15). The lowest BCUT2D eigenvalue weighted by Crippen LogP contribution is -2.40. The topological polar surface area (TPSA) is 69.6 Å². The van der Waals surface area contributed by atoms with Crippen molar-refractivity contribution in [3.8, 4) is 0 Å². The van der Waals surface area contributed by atoms with E-state index in [0.29, 0.717) is 19.5 Å². The summed E-state index contributed by atoms with van der Waals surface area (Å²) in [5.74, 6) is -0.643. The van der Waals surface area contributed by atoms with Crippen molar-refractivity contribution in [2.24, 2.45) is 11.8 Å². The van der Waals surface area contributed by atoms with Gasteiger partial charge >= 0.3 is 5.97 Å². The average molecular weight is 229 g/mol. The van der Waals surface area contributed by atoms with Gasteiger partial charge in [-0.15, -0.1) is 0 Å². The van der Waals surface area contributed by atoms with Gasteiger partial charge in [0.25, 0.3) is 0 Å². The predicted molar refractivity (Wildman–Crippen MR) is 62.3 cm³/mol. The molecule has 0 aromatic rings. The molecular weight excluding hydrogens is 206 g/mol. The molecular formula is C12H23NO3. The zero-order chi connectivity index (χ0) is 12.2. The number of carbonyl (C=O) groups is 1. The minimum atomic E-state index is -0.683. The van der Waals surface area contributed by atoms with Crippen molar-refractivity contribution in [2.75, 3.05) is 13.1 Å². The highest BCUT2D eigenvalue weighted by Crippen LogP contribution is 2.31. The molecule has 0 radical (unpaired) electrons. The van der Waals surface area contributed by atoms with Gasteiger partial charge in [-0.25, -0.2) is 0 Å². The first-order valence-corrected chi connectivity index (χ1v) is 6.12. The summed E-state index contributed by atoms with van der Waals surface area (Å²) in [5, 5.41) is 22.0. The highest BCUT2D eigenvalue weighted by atomic mass is 16.4. The van der Waals surface area contributed by atoms with Crippen LogP contribution in [0.5, 0.6) is 0 Å². The zero-order valence-electron chi connectivity index (χ0n) is 10.2. The molecule has 1 fully saturated rings. The van der Waals surface area contributed by atoms with Crippen LogP contribution in [0.1, 0.15) is 39.5 Å². The largest absolute Gasteiger partial charge is 0.481 e. The monoisotopic (exact) mass is 229 g/mol. The van der Waals surface area contributed by atoms with Gasteiger partial charge in [-0.2, -0.15) is 0 Å². The molecule has 0 spiro atoms. The lowest BCUT2D eigenvalue weighted by molar-refractivity contribution is -0.142. The van der Waals surface area contributed by atoms with Crippen molar-refractivity contribution in [1.29, 1.82) is 0 Å². The zero-order valence-corrected chi connectivity index (χ0v) is 10.2. The fourth-order valence-electron chi connectivity index (χ4n) is 2.26. The van der Waals surface area contributed by atoms with E-state index < -0.39 is 11.6 Å². The molecule has 1 aliphatic carbocycles. The Morgan fingerprint density at radius 1 is 1.50 bits per heavy atom. The molecule has 0 bridgehead atoms. The molecule has 0 heterocycles. The maximum atomic E-state index is 11.0. The lowest BCUT2D eigenvalue weighted by atomic mass is 9.95. The average Bonchev–Trinajstić information content (AvgIpc) is 2.66. The normalized spacial score (nSPS) is 28.9. The molecule has 0 aromatic heterocycles. The Kier molecular flexibility index (Phi) is 4.74. The van der Waals surface area contributed by atoms with Gasteiger partial charge in [0.05, 0.1) is 11.5 Å². The summed E-state index contributed by atoms with van der Waals surface area (Å²) in [5.41, 5.74) is -0.683. The second kappa shape index (κ2) is 5.64. The molecule has 16 heavy (non-hydrogen) atoms. The highest BCUT2D eigenvalue weighted by Gasteiger charge is 2.32. The SMILES string of the molecule is CCC(C)(O)CNCC1CCCC1C(=O)O. The van der Waals surface area contributed by atoms with Gasteiger partial charge in [0.15, 0.2) is 0 Å². The van der Waals surface area contributed by atoms with E-state index in [0.717, 1.165) is 19.3 Å². The minimum Gasteiger partial charge on any atom is -0.481 e. The molecule has 3 unspecified atom stereocenters. The molecule has 1 rings (SSSR count). The van der Waals surface area contributed by atoms with Crippen molar-refractivity contribution >= 4 is 5.97 Å². The van der Waals surface area contributed by atoms with Gasteiger partial charge in [-0.05, 0) is 38.6 Å². The first kappa shape index (κ1) is 13.5. The van der Waals surface area contributed by atoms with Crippen molar-refractivity contribution in [3.05, 3.63) is 0 Å². The van der Waals surface area contributed by atoms with Crippen LogP contribution in [0, 0.1) is 11.8 Å². The van der Waals surface area contributed by atoms with E-state index in [4.69, 9.17) is 5.11 Å². The van der Waals surface area contributed by atoms with Gasteiger partial charge in [-0.1, -0.05) is 13.3 Å². The van der Waals surface area contributed by atoms with Gasteiger partial charge in [-0.3, -0.25) is 4.79 Å². The van der Waals surface area contributed by atoms with Crippen LogP contribution in [-0.2, 0) is 4.79 Å². The molecule has 3 N–H and O–H groups in total. The Balaban J connectivity index is 2.30. The molecule has 4 nitrogen and oxygen atoms in total. The van der Waals surface area contributed by atoms with Crippen LogP contribution < -0.4 is 5.32 Å². The van der Waals surface area contributed by atoms with E-state index in [1.165, 1.54) is 0 Å². The Hall–Kier alpha value is -0.610. The van der Waals surface area contributed by atoms with E-state index in [1.807, 2.05) is 6.92 Å². The van der Waals surface area contributed by atoms with Crippen LogP contribution in [0.3, 0.4) is 0 Å². The summed E-state index contributed by atoms with van der Waals surface area (Å²) in [6.07, 6.45) is 3.49. The molecule has 94 valence electrons. The third-order valence-electron chi connectivity index (χ3n) is 3.65. The van der Waals surface area contributed by atoms with Crippen molar-refractivity contribution in [1.82, 2.24) is 5.32 Å². The number of nitrogens with one attached hydrogen (secondary N) is 1. The molecule has 0 aliphatic heterocycles. The van der Waals surface area contributed by atoms with Crippen LogP contribution in [0.4, 0.5) is 0 Å². The molecule has 0 aromatic carbocycles. The van der Waals surface area contributed by atoms with Crippen molar-refractivity contribution < 1.29 is 15.0 Å². The lowest BCUT2D eigenvalue weighted by Gasteiger charge is -2.24. The Morgan fingerprint density at radius 3 is 2.75 bits per heavy atom. The molecule has 0 saturated heterocycles. The van der Waals surface area contributed by atoms with Crippen molar-refractivity contribution in [2.45, 2.75) is 45.1 Å². The number of rotatable bonds is 6. The summed E-state index contributed by atoms with van der Waals surface area (Å²) >= 11 is 0. The van der Waals surface area contributed by atoms with E-state index in [1.54, 1.807) is 6.92 Å². The van der Waals surface area contributed by atoms with E-state index in [-0.39, 0.29) is 11.8 Å². The smallest absolute Gasteiger partial charge is 0.306 e. The van der Waals surface area contributed by atoms with Gasteiger partial charge in [0, 0.05) is 6.54 Å². The highest BCUT2D eigenvalue weighted by molar-refractivity contribution is 5.70. The fraction of sp³-hybridized carbons (Fsp3) is 0.917. The summed E-state index contributed by atoms with van der Waals surface area (Å²) in [4.78, 5) is 11.0. The number of carboxylic acids is 1. The summed E-state index contributed by atoms with van der Waals surface area (Å²) in [6.45, 7) is 4.97. The van der Waals surface area contributed by atoms with Gasteiger partial charge in [0.1, 0.15) is 0 Å². The van der Waals surface area contributed by atoms with Crippen LogP contribution in [0.2, 0.25) is 0 Å². The predicted octanol–water partition coefficient (Wildman–Crippen LogP) is 1.24. The second-order valence-corrected chi connectivity index (χ2v) is 5.12. The summed E-state index contributed by atoms with van der Waals surface area (Å²) < 4.78 is 0. The maximum Gasteiger partial charge on any atom is 0.306 e. The number of aliphatic hydroxyl groups is 1. The Bertz CT molecular complexity index is 240. The third-order valence-corrected chi connectivity index (χ3v) is 3.65. The molecule has 3 atom stereocenters. The number of hydrogen-bond donors (Lipinski definition) is 3. The third kappa shape index (κ3) is 3.76. The second-order valence-electron chi connectivity index (χ2n) is 5.12. The quantitative estimate of drug-likeness (QED) is 0.641. The van der Waals surface area contributed by atoms with Crippen LogP contribution in [0.15, 0.2) is 0 Å². The van der Waals surface area contributed by atoms with Crippen LogP contribution >= 0.6 is 0 Å². The first-order chi connectivity index (χ1) is 7.46. The molecule has 1 aliphatic rings. The van der Waals surface area contributed by atoms with Crippen molar-refractivity contribution in [3.63, 3.8) is 0 Å². The number of carboxylic acid groups (broad SMARTS) is 1. The molecule has 0 amide bonds. The Labute approximate surface area is 97.0 Å². The minimum absolute atomic E-state index is 0.195. The Morgan fingerprint density at radius 2 is 2.19 bits per heavy atom. The summed E-state index contributed by atoms with van der Waals surface area (Å²) in [6, 6.07) is 0. The van der Waals surface area contributed by atoms with E-state index >= 15 is 0 Å². The van der Waals surface area contributed by atoms with Crippen LogP contribution in [-0.4, -0.2) is 34.9 Å². The number of hydrogen-bond acceptors (Lipinski definition) is 3. The maximum absolute atomic E-state index is 11.0. The van der Waals surface area contributed by atoms with Crippen LogP contribution in [0.25, 0.3) is 0 Å².